The first-order valence-electron chi connectivity index (χ1n) is 7.84. The van der Waals surface area contributed by atoms with Gasteiger partial charge in [-0.3, -0.25) is 0 Å². The summed E-state index contributed by atoms with van der Waals surface area (Å²) in [5.41, 5.74) is 2.30. The fourth-order valence-corrected chi connectivity index (χ4v) is 3.37. The minimum atomic E-state index is -1.22. The molecule has 0 aliphatic heterocycles. The molecule has 24 heavy (non-hydrogen) atoms. The molecule has 3 heteroatoms. The molecule has 0 heterocycles. The molecule has 0 fully saturated rings. The van der Waals surface area contributed by atoms with Crippen molar-refractivity contribution >= 4 is 21.6 Å². The van der Waals surface area contributed by atoms with Crippen LogP contribution >= 0.6 is 15.9 Å². The zero-order valence-corrected chi connectivity index (χ0v) is 15.4. The minimum Gasteiger partial charge on any atom is -0.377 e. The maximum absolute atomic E-state index is 11.9. The van der Waals surface area contributed by atoms with Gasteiger partial charge in [0.2, 0.25) is 0 Å². The van der Waals surface area contributed by atoms with Gasteiger partial charge in [-0.25, -0.2) is 0 Å². The van der Waals surface area contributed by atoms with Crippen molar-refractivity contribution in [1.29, 1.82) is 0 Å². The molecule has 2 nitrogen and oxygen atoms in total. The number of hydrogen-bond acceptors (Lipinski definition) is 2. The monoisotopic (exact) mass is 381 g/mol. The summed E-state index contributed by atoms with van der Waals surface area (Å²) >= 11 is 3.54. The summed E-state index contributed by atoms with van der Waals surface area (Å²) in [4.78, 5) is 2.02. The lowest BCUT2D eigenvalue weighted by atomic mass is 9.79. The van der Waals surface area contributed by atoms with Crippen LogP contribution in [0.3, 0.4) is 0 Å². The Morgan fingerprint density at radius 2 is 1.29 bits per heavy atom. The highest BCUT2D eigenvalue weighted by molar-refractivity contribution is 9.10. The van der Waals surface area contributed by atoms with Gasteiger partial charge in [-0.05, 0) is 23.3 Å². The van der Waals surface area contributed by atoms with Crippen molar-refractivity contribution in [2.75, 3.05) is 19.0 Å². The van der Waals surface area contributed by atoms with E-state index in [2.05, 4.69) is 15.9 Å². The van der Waals surface area contributed by atoms with E-state index < -0.39 is 5.60 Å². The summed E-state index contributed by atoms with van der Waals surface area (Å²) in [5.74, 6) is 0. The lowest BCUT2D eigenvalue weighted by molar-refractivity contribution is 0.126. The van der Waals surface area contributed by atoms with Gasteiger partial charge in [0.05, 0.1) is 0 Å². The average molecular weight is 382 g/mol. The first kappa shape index (κ1) is 16.7. The van der Waals surface area contributed by atoms with E-state index in [1.54, 1.807) is 0 Å². The van der Waals surface area contributed by atoms with Crippen LogP contribution in [0.2, 0.25) is 0 Å². The molecule has 122 valence electrons. The first-order chi connectivity index (χ1) is 11.5. The van der Waals surface area contributed by atoms with Crippen molar-refractivity contribution in [3.8, 4) is 0 Å². The Bertz CT molecular complexity index is 776. The normalized spacial score (nSPS) is 11.3. The predicted molar refractivity (Wildman–Crippen MR) is 103 cm³/mol. The van der Waals surface area contributed by atoms with E-state index in [4.69, 9.17) is 0 Å². The molecule has 3 aromatic carbocycles. The van der Waals surface area contributed by atoms with Crippen LogP contribution in [0.1, 0.15) is 16.7 Å². The molecule has 0 saturated carbocycles. The third kappa shape index (κ3) is 2.97. The van der Waals surface area contributed by atoms with Crippen LogP contribution in [0.15, 0.2) is 83.3 Å². The molecule has 0 unspecified atom stereocenters. The summed E-state index contributed by atoms with van der Waals surface area (Å²) < 4.78 is 0.985. The van der Waals surface area contributed by atoms with E-state index in [-0.39, 0.29) is 0 Å². The second kappa shape index (κ2) is 6.80. The van der Waals surface area contributed by atoms with Gasteiger partial charge in [-0.2, -0.15) is 0 Å². The molecule has 0 radical (unpaired) electrons. The summed E-state index contributed by atoms with van der Waals surface area (Å²) in [6, 6.07) is 25.6. The summed E-state index contributed by atoms with van der Waals surface area (Å²) in [6.45, 7) is 0. The molecule has 0 amide bonds. The van der Waals surface area contributed by atoms with Gasteiger partial charge >= 0.3 is 0 Å². The third-order valence-corrected chi connectivity index (χ3v) is 4.71. The Labute approximate surface area is 151 Å². The number of anilines is 1. The Morgan fingerprint density at radius 1 is 0.792 bits per heavy atom. The molecule has 0 aliphatic rings. The van der Waals surface area contributed by atoms with Gasteiger partial charge in [-0.1, -0.05) is 82.7 Å². The molecular weight excluding hydrogens is 362 g/mol. The molecule has 0 aliphatic carbocycles. The van der Waals surface area contributed by atoms with E-state index in [9.17, 15) is 5.11 Å². The van der Waals surface area contributed by atoms with Crippen LogP contribution in [-0.4, -0.2) is 19.2 Å². The van der Waals surface area contributed by atoms with Gasteiger partial charge in [-0.15, -0.1) is 0 Å². The van der Waals surface area contributed by atoms with Crippen molar-refractivity contribution in [2.45, 2.75) is 5.60 Å². The van der Waals surface area contributed by atoms with Crippen LogP contribution in [0.25, 0.3) is 0 Å². The van der Waals surface area contributed by atoms with E-state index in [0.29, 0.717) is 0 Å². The van der Waals surface area contributed by atoms with Crippen LogP contribution in [0.5, 0.6) is 0 Å². The van der Waals surface area contributed by atoms with Gasteiger partial charge in [0.25, 0.3) is 0 Å². The second-order valence-corrected chi connectivity index (χ2v) is 6.91. The lowest BCUT2D eigenvalue weighted by Crippen LogP contribution is -2.31. The molecule has 0 atom stereocenters. The van der Waals surface area contributed by atoms with E-state index >= 15 is 0 Å². The Kier molecular flexibility index (Phi) is 4.74. The zero-order valence-electron chi connectivity index (χ0n) is 13.8. The third-order valence-electron chi connectivity index (χ3n) is 4.21. The highest BCUT2D eigenvalue weighted by Crippen LogP contribution is 2.41. The Morgan fingerprint density at radius 3 is 1.75 bits per heavy atom. The van der Waals surface area contributed by atoms with Crippen molar-refractivity contribution in [1.82, 2.24) is 0 Å². The van der Waals surface area contributed by atoms with Crippen LogP contribution in [0, 0.1) is 0 Å². The van der Waals surface area contributed by atoms with E-state index in [1.807, 2.05) is 97.9 Å². The maximum atomic E-state index is 11.9. The number of benzene rings is 3. The van der Waals surface area contributed by atoms with E-state index in [0.717, 1.165) is 26.9 Å². The molecule has 0 saturated heterocycles. The SMILES string of the molecule is CN(C)c1cc(Br)ccc1C(O)(c1ccccc1)c1ccccc1. The molecule has 0 spiro atoms. The topological polar surface area (TPSA) is 23.5 Å². The minimum absolute atomic E-state index is 0.849. The fourth-order valence-electron chi connectivity index (χ4n) is 3.02. The molecule has 3 aromatic rings. The van der Waals surface area contributed by atoms with E-state index in [1.165, 1.54) is 0 Å². The molecular formula is C21H20BrNO. The van der Waals surface area contributed by atoms with Gasteiger partial charge in [0.1, 0.15) is 5.60 Å². The van der Waals surface area contributed by atoms with Crippen molar-refractivity contribution in [2.24, 2.45) is 0 Å². The van der Waals surface area contributed by atoms with Gasteiger partial charge in [0, 0.05) is 29.8 Å². The smallest absolute Gasteiger partial charge is 0.142 e. The molecule has 0 aromatic heterocycles. The number of halogens is 1. The Balaban J connectivity index is 2.32. The number of rotatable bonds is 4. The van der Waals surface area contributed by atoms with Crippen molar-refractivity contribution < 1.29 is 5.11 Å². The fraction of sp³-hybridized carbons (Fsp3) is 0.143. The van der Waals surface area contributed by atoms with Gasteiger partial charge in [0.15, 0.2) is 0 Å². The zero-order chi connectivity index (χ0) is 17.2. The molecule has 0 bridgehead atoms. The lowest BCUT2D eigenvalue weighted by Gasteiger charge is -2.33. The van der Waals surface area contributed by atoms with Crippen LogP contribution in [-0.2, 0) is 5.60 Å². The highest BCUT2D eigenvalue weighted by atomic mass is 79.9. The highest BCUT2D eigenvalue weighted by Gasteiger charge is 2.36. The number of nitrogens with zero attached hydrogens (tertiary/aromatic N) is 1. The summed E-state index contributed by atoms with van der Waals surface area (Å²) in [7, 11) is 3.98. The summed E-state index contributed by atoms with van der Waals surface area (Å²) in [5, 5.41) is 11.9. The van der Waals surface area contributed by atoms with Crippen LogP contribution < -0.4 is 4.90 Å². The predicted octanol–water partition coefficient (Wildman–Crippen LogP) is 4.80. The Hall–Kier alpha value is -2.10. The quantitative estimate of drug-likeness (QED) is 0.656. The largest absolute Gasteiger partial charge is 0.377 e. The summed E-state index contributed by atoms with van der Waals surface area (Å²) in [6.07, 6.45) is 0. The second-order valence-electron chi connectivity index (χ2n) is 6.00. The van der Waals surface area contributed by atoms with Gasteiger partial charge < -0.3 is 10.0 Å². The maximum Gasteiger partial charge on any atom is 0.142 e. The molecule has 1 N–H and O–H groups in total. The van der Waals surface area contributed by atoms with Crippen molar-refractivity contribution in [3.05, 3.63) is 100 Å². The van der Waals surface area contributed by atoms with Crippen LogP contribution in [0.4, 0.5) is 5.69 Å². The van der Waals surface area contributed by atoms with Crippen molar-refractivity contribution in [3.63, 3.8) is 0 Å². The number of hydrogen-bond donors (Lipinski definition) is 1. The molecule has 3 rings (SSSR count). The standard InChI is InChI=1S/C21H20BrNO/c1-23(2)20-15-18(22)13-14-19(20)21(24,16-9-5-3-6-10-16)17-11-7-4-8-12-17/h3-15,24H,1-2H3. The average Bonchev–Trinajstić information content (AvgIpc) is 2.62. The first-order valence-corrected chi connectivity index (χ1v) is 8.63. The number of aliphatic hydroxyl groups is 1.